The molecule has 0 bridgehead atoms. The summed E-state index contributed by atoms with van der Waals surface area (Å²) in [5, 5.41) is 2.78. The summed E-state index contributed by atoms with van der Waals surface area (Å²) in [5.74, 6) is -0.234. The van der Waals surface area contributed by atoms with Gasteiger partial charge in [-0.3, -0.25) is 4.79 Å². The second kappa shape index (κ2) is 4.19. The second-order valence-corrected chi connectivity index (χ2v) is 4.01. The summed E-state index contributed by atoms with van der Waals surface area (Å²) in [6, 6.07) is 6.17. The lowest BCUT2D eigenvalue weighted by atomic mass is 9.96. The zero-order chi connectivity index (χ0) is 10.8. The van der Waals surface area contributed by atoms with Crippen LogP contribution in [-0.2, 0) is 4.79 Å². The van der Waals surface area contributed by atoms with Gasteiger partial charge < -0.3 is 5.32 Å². The summed E-state index contributed by atoms with van der Waals surface area (Å²) >= 11 is 5.67. The molecule has 0 spiro atoms. The Morgan fingerprint density at radius 1 is 1.53 bits per heavy atom. The predicted octanol–water partition coefficient (Wildman–Crippen LogP) is 2.04. The van der Waals surface area contributed by atoms with Crippen molar-refractivity contribution in [3.63, 3.8) is 0 Å². The first-order valence-corrected chi connectivity index (χ1v) is 5.36. The average Bonchev–Trinajstić information content (AvgIpc) is 2.60. The first-order chi connectivity index (χ1) is 7.20. The molecule has 0 saturated carbocycles. The lowest BCUT2D eigenvalue weighted by Crippen LogP contribution is -2.27. The number of alkyl halides is 1. The minimum atomic E-state index is -0.311. The van der Waals surface area contributed by atoms with E-state index in [1.807, 2.05) is 0 Å². The van der Waals surface area contributed by atoms with E-state index >= 15 is 0 Å². The predicted molar refractivity (Wildman–Crippen MR) is 56.4 cm³/mol. The number of halogens is 2. The second-order valence-electron chi connectivity index (χ2n) is 3.70. The number of carbonyl (C=O) groups excluding carboxylic acids is 1. The van der Waals surface area contributed by atoms with E-state index in [0.29, 0.717) is 12.3 Å². The molecule has 1 aliphatic rings. The average molecular weight is 228 g/mol. The highest BCUT2D eigenvalue weighted by molar-refractivity contribution is 6.18. The van der Waals surface area contributed by atoms with Crippen molar-refractivity contribution >= 4 is 17.5 Å². The van der Waals surface area contributed by atoms with Crippen molar-refractivity contribution in [2.24, 2.45) is 0 Å². The molecule has 1 amide bonds. The molecular weight excluding hydrogens is 217 g/mol. The Labute approximate surface area is 92.4 Å². The molecule has 1 aliphatic heterocycles. The summed E-state index contributed by atoms with van der Waals surface area (Å²) < 4.78 is 13.0. The molecule has 2 atom stereocenters. The maximum atomic E-state index is 13.0. The zero-order valence-electron chi connectivity index (χ0n) is 8.04. The van der Waals surface area contributed by atoms with Crippen LogP contribution >= 0.6 is 11.6 Å². The minimum absolute atomic E-state index is 0.00688. The molecule has 80 valence electrons. The molecule has 15 heavy (non-hydrogen) atoms. The van der Waals surface area contributed by atoms with E-state index in [0.717, 1.165) is 5.56 Å². The first-order valence-electron chi connectivity index (χ1n) is 4.82. The number of carbonyl (C=O) groups is 1. The maximum Gasteiger partial charge on any atom is 0.227 e. The largest absolute Gasteiger partial charge is 0.352 e. The first kappa shape index (κ1) is 10.4. The number of benzene rings is 1. The number of amides is 1. The van der Waals surface area contributed by atoms with Crippen LogP contribution in [0, 0.1) is 5.82 Å². The fourth-order valence-electron chi connectivity index (χ4n) is 1.86. The van der Waals surface area contributed by atoms with Crippen LogP contribution in [0.1, 0.15) is 17.9 Å². The Kier molecular flexibility index (Phi) is 2.91. The molecular formula is C11H11ClFNO. The third-order valence-corrected chi connectivity index (χ3v) is 2.99. The Balaban J connectivity index is 2.21. The van der Waals surface area contributed by atoms with Crippen LogP contribution in [0.4, 0.5) is 4.39 Å². The van der Waals surface area contributed by atoms with Crippen LogP contribution in [0.25, 0.3) is 0 Å². The smallest absolute Gasteiger partial charge is 0.227 e. The Morgan fingerprint density at radius 2 is 2.33 bits per heavy atom. The normalized spacial score (nSPS) is 25.3. The molecule has 2 nitrogen and oxygen atoms in total. The topological polar surface area (TPSA) is 29.1 Å². The summed E-state index contributed by atoms with van der Waals surface area (Å²) in [6.07, 6.45) is 0.645. The van der Waals surface area contributed by atoms with Crippen molar-refractivity contribution in [1.29, 1.82) is 0 Å². The third-order valence-electron chi connectivity index (χ3n) is 2.62. The fraction of sp³-hybridized carbons (Fsp3) is 0.364. The molecule has 1 aromatic rings. The summed E-state index contributed by atoms with van der Waals surface area (Å²) in [4.78, 5) is 11.6. The number of nitrogens with one attached hydrogen (secondary N) is 1. The van der Waals surface area contributed by atoms with E-state index in [2.05, 4.69) is 5.32 Å². The number of rotatable bonds is 2. The molecule has 2 rings (SSSR count). The van der Waals surface area contributed by atoms with Crippen LogP contribution in [0.15, 0.2) is 24.3 Å². The van der Waals surface area contributed by atoms with Crippen molar-refractivity contribution in [2.45, 2.75) is 18.4 Å². The fourth-order valence-corrected chi connectivity index (χ4v) is 2.07. The number of hydrogen-bond donors (Lipinski definition) is 1. The maximum absolute atomic E-state index is 13.0. The summed E-state index contributed by atoms with van der Waals surface area (Å²) in [5.41, 5.74) is 0.722. The van der Waals surface area contributed by atoms with Gasteiger partial charge in [-0.05, 0) is 24.1 Å². The molecule has 2 unspecified atom stereocenters. The van der Waals surface area contributed by atoms with Crippen LogP contribution < -0.4 is 5.32 Å². The monoisotopic (exact) mass is 227 g/mol. The zero-order valence-corrected chi connectivity index (χ0v) is 8.80. The standard InChI is InChI=1S/C11H11ClFNO/c12-6-9-5-10(11(15)14-9)7-2-1-3-8(13)4-7/h1-4,9-10H,5-6H2,(H,14,15). The quantitative estimate of drug-likeness (QED) is 0.770. The van der Waals surface area contributed by atoms with E-state index in [4.69, 9.17) is 11.6 Å². The van der Waals surface area contributed by atoms with Gasteiger partial charge in [0.2, 0.25) is 5.91 Å². The van der Waals surface area contributed by atoms with Crippen molar-refractivity contribution in [3.8, 4) is 0 Å². The van der Waals surface area contributed by atoms with E-state index in [-0.39, 0.29) is 23.7 Å². The highest BCUT2D eigenvalue weighted by Crippen LogP contribution is 2.27. The Morgan fingerprint density at radius 3 is 2.93 bits per heavy atom. The highest BCUT2D eigenvalue weighted by atomic mass is 35.5. The number of hydrogen-bond acceptors (Lipinski definition) is 1. The molecule has 0 aliphatic carbocycles. The van der Waals surface area contributed by atoms with E-state index in [1.165, 1.54) is 12.1 Å². The van der Waals surface area contributed by atoms with Gasteiger partial charge in [0.05, 0.1) is 5.92 Å². The van der Waals surface area contributed by atoms with Gasteiger partial charge in [-0.15, -0.1) is 11.6 Å². The van der Waals surface area contributed by atoms with Crippen LogP contribution in [0.5, 0.6) is 0 Å². The van der Waals surface area contributed by atoms with Crippen molar-refractivity contribution < 1.29 is 9.18 Å². The summed E-state index contributed by atoms with van der Waals surface area (Å²) in [6.45, 7) is 0. The van der Waals surface area contributed by atoms with E-state index in [1.54, 1.807) is 12.1 Å². The van der Waals surface area contributed by atoms with Crippen molar-refractivity contribution in [1.82, 2.24) is 5.32 Å². The van der Waals surface area contributed by atoms with Crippen molar-refractivity contribution in [2.75, 3.05) is 5.88 Å². The van der Waals surface area contributed by atoms with Gasteiger partial charge in [-0.25, -0.2) is 4.39 Å². The van der Waals surface area contributed by atoms with Gasteiger partial charge in [0.15, 0.2) is 0 Å². The molecule has 1 N–H and O–H groups in total. The minimum Gasteiger partial charge on any atom is -0.352 e. The summed E-state index contributed by atoms with van der Waals surface area (Å²) in [7, 11) is 0. The van der Waals surface area contributed by atoms with Gasteiger partial charge in [-0.2, -0.15) is 0 Å². The molecule has 0 radical (unpaired) electrons. The van der Waals surface area contributed by atoms with Crippen LogP contribution in [0.3, 0.4) is 0 Å². The van der Waals surface area contributed by atoms with Gasteiger partial charge in [-0.1, -0.05) is 12.1 Å². The Bertz CT molecular complexity index is 383. The van der Waals surface area contributed by atoms with E-state index in [9.17, 15) is 9.18 Å². The lowest BCUT2D eigenvalue weighted by molar-refractivity contribution is -0.120. The third kappa shape index (κ3) is 2.12. The van der Waals surface area contributed by atoms with Gasteiger partial charge >= 0.3 is 0 Å². The molecule has 1 fully saturated rings. The van der Waals surface area contributed by atoms with Crippen LogP contribution in [0.2, 0.25) is 0 Å². The molecule has 0 aromatic heterocycles. The van der Waals surface area contributed by atoms with E-state index < -0.39 is 0 Å². The van der Waals surface area contributed by atoms with Gasteiger partial charge in [0.25, 0.3) is 0 Å². The molecule has 1 saturated heterocycles. The molecule has 1 aromatic carbocycles. The lowest BCUT2D eigenvalue weighted by Gasteiger charge is -2.06. The van der Waals surface area contributed by atoms with Crippen LogP contribution in [-0.4, -0.2) is 17.8 Å². The van der Waals surface area contributed by atoms with Crippen molar-refractivity contribution in [3.05, 3.63) is 35.6 Å². The van der Waals surface area contributed by atoms with Gasteiger partial charge in [0, 0.05) is 11.9 Å². The Hall–Kier alpha value is -1.09. The molecule has 1 heterocycles. The SMILES string of the molecule is O=C1NC(CCl)CC1c1cccc(F)c1. The molecule has 4 heteroatoms. The van der Waals surface area contributed by atoms with Gasteiger partial charge in [0.1, 0.15) is 5.82 Å². The highest BCUT2D eigenvalue weighted by Gasteiger charge is 2.32.